The smallest absolute Gasteiger partial charge is 0.338 e. The van der Waals surface area contributed by atoms with Crippen LogP contribution in [0.25, 0.3) is 0 Å². The van der Waals surface area contributed by atoms with Crippen LogP contribution >= 0.6 is 11.6 Å². The number of ether oxygens (including phenoxy) is 1. The molecule has 3 heteroatoms. The first kappa shape index (κ1) is 10.1. The summed E-state index contributed by atoms with van der Waals surface area (Å²) in [7, 11) is 0. The minimum absolute atomic E-state index is 0.129. The van der Waals surface area contributed by atoms with Gasteiger partial charge in [-0.2, -0.15) is 0 Å². The van der Waals surface area contributed by atoms with Gasteiger partial charge in [0.05, 0.1) is 12.2 Å². The van der Waals surface area contributed by atoms with Crippen LogP contribution in [0.1, 0.15) is 15.9 Å². The molecular formula is C10H10ClO2. The molecule has 0 aliphatic carbocycles. The van der Waals surface area contributed by atoms with Crippen LogP contribution in [0.4, 0.5) is 0 Å². The number of aryl methyl sites for hydroxylation is 1. The molecule has 0 atom stereocenters. The molecule has 0 amide bonds. The van der Waals surface area contributed by atoms with Crippen molar-refractivity contribution in [2.45, 2.75) is 6.92 Å². The minimum atomic E-state index is -0.392. The number of hydrogen-bond acceptors (Lipinski definition) is 2. The van der Waals surface area contributed by atoms with Gasteiger partial charge in [-0.25, -0.2) is 4.79 Å². The molecule has 0 unspecified atom stereocenters. The number of hydrogen-bond donors (Lipinski definition) is 0. The van der Waals surface area contributed by atoms with Crippen molar-refractivity contribution in [2.75, 3.05) is 6.61 Å². The summed E-state index contributed by atoms with van der Waals surface area (Å²) in [5.74, 6) is -0.392. The summed E-state index contributed by atoms with van der Waals surface area (Å²) < 4.78 is 4.71. The molecule has 0 N–H and O–H groups in total. The molecule has 0 bridgehead atoms. The SMILES string of the molecule is [CH2]COC(=O)c1ccc(C)c(Cl)c1. The molecule has 0 aromatic heterocycles. The Morgan fingerprint density at radius 2 is 2.31 bits per heavy atom. The first-order valence-electron chi connectivity index (χ1n) is 3.87. The van der Waals surface area contributed by atoms with Crippen LogP contribution in [0.5, 0.6) is 0 Å². The largest absolute Gasteiger partial charge is 0.462 e. The van der Waals surface area contributed by atoms with E-state index in [0.717, 1.165) is 5.56 Å². The van der Waals surface area contributed by atoms with E-state index in [2.05, 4.69) is 6.92 Å². The van der Waals surface area contributed by atoms with Crippen LogP contribution in [0, 0.1) is 13.8 Å². The van der Waals surface area contributed by atoms with Crippen molar-refractivity contribution >= 4 is 17.6 Å². The Labute approximate surface area is 82.5 Å². The molecule has 69 valence electrons. The predicted molar refractivity (Wildman–Crippen MR) is 51.8 cm³/mol. The zero-order chi connectivity index (χ0) is 9.84. The summed E-state index contributed by atoms with van der Waals surface area (Å²) in [6.07, 6.45) is 0. The minimum Gasteiger partial charge on any atom is -0.462 e. The fourth-order valence-corrected chi connectivity index (χ4v) is 1.08. The van der Waals surface area contributed by atoms with Gasteiger partial charge < -0.3 is 4.74 Å². The first-order chi connectivity index (χ1) is 6.15. The molecule has 0 saturated heterocycles. The third-order valence-corrected chi connectivity index (χ3v) is 2.05. The van der Waals surface area contributed by atoms with Crippen LogP contribution in [0.15, 0.2) is 18.2 Å². The number of benzene rings is 1. The van der Waals surface area contributed by atoms with Crippen molar-refractivity contribution in [1.82, 2.24) is 0 Å². The lowest BCUT2D eigenvalue weighted by molar-refractivity contribution is 0.0547. The second-order valence-corrected chi connectivity index (χ2v) is 3.01. The Morgan fingerprint density at radius 1 is 1.62 bits per heavy atom. The van der Waals surface area contributed by atoms with Gasteiger partial charge in [0.15, 0.2) is 0 Å². The summed E-state index contributed by atoms with van der Waals surface area (Å²) in [6.45, 7) is 5.42. The van der Waals surface area contributed by atoms with Gasteiger partial charge in [0.2, 0.25) is 0 Å². The lowest BCUT2D eigenvalue weighted by atomic mass is 10.1. The van der Waals surface area contributed by atoms with E-state index >= 15 is 0 Å². The summed E-state index contributed by atoms with van der Waals surface area (Å²) in [4.78, 5) is 11.2. The molecule has 1 aromatic rings. The average Bonchev–Trinajstić information content (AvgIpc) is 2.10. The van der Waals surface area contributed by atoms with Gasteiger partial charge in [0.1, 0.15) is 0 Å². The zero-order valence-electron chi connectivity index (χ0n) is 7.34. The molecule has 0 heterocycles. The van der Waals surface area contributed by atoms with Crippen molar-refractivity contribution in [3.05, 3.63) is 41.3 Å². The second-order valence-electron chi connectivity index (χ2n) is 2.60. The highest BCUT2D eigenvalue weighted by Gasteiger charge is 2.07. The zero-order valence-corrected chi connectivity index (χ0v) is 8.10. The standard InChI is InChI=1S/C10H10ClO2/c1-3-13-10(12)8-5-4-7(2)9(11)6-8/h4-6H,1,3H2,2H3. The number of halogens is 1. The fraction of sp³-hybridized carbons (Fsp3) is 0.200. The molecule has 0 aliphatic heterocycles. The van der Waals surface area contributed by atoms with E-state index < -0.39 is 5.97 Å². The van der Waals surface area contributed by atoms with Crippen LogP contribution in [-0.2, 0) is 4.74 Å². The molecule has 1 rings (SSSR count). The molecular weight excluding hydrogens is 188 g/mol. The molecule has 0 spiro atoms. The van der Waals surface area contributed by atoms with Gasteiger partial charge in [-0.15, -0.1) is 0 Å². The predicted octanol–water partition coefficient (Wildman–Crippen LogP) is 2.64. The van der Waals surface area contributed by atoms with E-state index in [1.165, 1.54) is 0 Å². The van der Waals surface area contributed by atoms with Crippen molar-refractivity contribution in [3.8, 4) is 0 Å². The number of esters is 1. The Bertz CT molecular complexity index is 321. The highest BCUT2D eigenvalue weighted by Crippen LogP contribution is 2.17. The lowest BCUT2D eigenvalue weighted by Crippen LogP contribution is -2.04. The molecule has 1 radical (unpaired) electrons. The summed E-state index contributed by atoms with van der Waals surface area (Å²) in [5.41, 5.74) is 1.40. The average molecular weight is 198 g/mol. The van der Waals surface area contributed by atoms with E-state index in [0.29, 0.717) is 10.6 Å². The monoisotopic (exact) mass is 197 g/mol. The van der Waals surface area contributed by atoms with Crippen LogP contribution in [-0.4, -0.2) is 12.6 Å². The topological polar surface area (TPSA) is 26.3 Å². The van der Waals surface area contributed by atoms with Crippen molar-refractivity contribution in [2.24, 2.45) is 0 Å². The first-order valence-corrected chi connectivity index (χ1v) is 4.25. The van der Waals surface area contributed by atoms with E-state index in [1.807, 2.05) is 6.92 Å². The molecule has 0 saturated carbocycles. The molecule has 13 heavy (non-hydrogen) atoms. The van der Waals surface area contributed by atoms with E-state index in [-0.39, 0.29) is 6.61 Å². The van der Waals surface area contributed by atoms with Crippen molar-refractivity contribution in [3.63, 3.8) is 0 Å². The van der Waals surface area contributed by atoms with E-state index in [9.17, 15) is 4.79 Å². The summed E-state index contributed by atoms with van der Waals surface area (Å²) in [6, 6.07) is 5.05. The maximum absolute atomic E-state index is 11.2. The maximum atomic E-state index is 11.2. The molecule has 1 aromatic carbocycles. The fourth-order valence-electron chi connectivity index (χ4n) is 0.896. The summed E-state index contributed by atoms with van der Waals surface area (Å²) in [5, 5.41) is 0.568. The summed E-state index contributed by atoms with van der Waals surface area (Å²) >= 11 is 5.83. The van der Waals surface area contributed by atoms with Crippen LogP contribution in [0.3, 0.4) is 0 Å². The highest BCUT2D eigenvalue weighted by molar-refractivity contribution is 6.31. The number of rotatable bonds is 2. The van der Waals surface area contributed by atoms with E-state index in [4.69, 9.17) is 16.3 Å². The molecule has 2 nitrogen and oxygen atoms in total. The highest BCUT2D eigenvalue weighted by atomic mass is 35.5. The van der Waals surface area contributed by atoms with Gasteiger partial charge in [0, 0.05) is 5.02 Å². The Balaban J connectivity index is 2.90. The molecule has 0 aliphatic rings. The maximum Gasteiger partial charge on any atom is 0.338 e. The van der Waals surface area contributed by atoms with Gasteiger partial charge >= 0.3 is 5.97 Å². The van der Waals surface area contributed by atoms with Gasteiger partial charge in [0.25, 0.3) is 0 Å². The quantitative estimate of drug-likeness (QED) is 0.682. The number of carbonyl (C=O) groups is 1. The molecule has 0 fully saturated rings. The number of carbonyl (C=O) groups excluding carboxylic acids is 1. The lowest BCUT2D eigenvalue weighted by Gasteiger charge is -2.03. The second kappa shape index (κ2) is 4.28. The van der Waals surface area contributed by atoms with Crippen molar-refractivity contribution in [1.29, 1.82) is 0 Å². The Kier molecular flexibility index (Phi) is 3.32. The van der Waals surface area contributed by atoms with Gasteiger partial charge in [-0.3, -0.25) is 0 Å². The van der Waals surface area contributed by atoms with Gasteiger partial charge in [-0.05, 0) is 31.5 Å². The Morgan fingerprint density at radius 3 is 2.85 bits per heavy atom. The third kappa shape index (κ3) is 2.46. The third-order valence-electron chi connectivity index (χ3n) is 1.64. The van der Waals surface area contributed by atoms with Crippen molar-refractivity contribution < 1.29 is 9.53 Å². The normalized spacial score (nSPS) is 9.77. The van der Waals surface area contributed by atoms with E-state index in [1.54, 1.807) is 18.2 Å². The Hall–Kier alpha value is -1.02. The van der Waals surface area contributed by atoms with Crippen LogP contribution < -0.4 is 0 Å². The van der Waals surface area contributed by atoms with Crippen LogP contribution in [0.2, 0.25) is 5.02 Å². The van der Waals surface area contributed by atoms with Gasteiger partial charge in [-0.1, -0.05) is 17.7 Å².